The monoisotopic (exact) mass is 349 g/mol. The third-order valence-electron chi connectivity index (χ3n) is 3.77. The summed E-state index contributed by atoms with van der Waals surface area (Å²) in [6.07, 6.45) is 1.61. The molecule has 26 heavy (non-hydrogen) atoms. The number of amides is 1. The highest BCUT2D eigenvalue weighted by atomic mass is 16.5. The first-order chi connectivity index (χ1) is 12.6. The molecular weight excluding hydrogens is 330 g/mol. The van der Waals surface area contributed by atoms with Crippen molar-refractivity contribution in [3.05, 3.63) is 65.2 Å². The quantitative estimate of drug-likeness (QED) is 0.594. The van der Waals surface area contributed by atoms with Gasteiger partial charge >= 0.3 is 0 Å². The number of aromatic amines is 1. The summed E-state index contributed by atoms with van der Waals surface area (Å²) >= 11 is 0. The van der Waals surface area contributed by atoms with Crippen LogP contribution in [0.5, 0.6) is 5.75 Å². The molecule has 0 aliphatic heterocycles. The summed E-state index contributed by atoms with van der Waals surface area (Å²) < 4.78 is 5.12. The van der Waals surface area contributed by atoms with Gasteiger partial charge in [-0.2, -0.15) is 5.10 Å². The van der Waals surface area contributed by atoms with Crippen molar-refractivity contribution in [3.8, 4) is 5.75 Å². The molecule has 0 fully saturated rings. The smallest absolute Gasteiger partial charge is 0.256 e. The van der Waals surface area contributed by atoms with Crippen LogP contribution in [0.1, 0.15) is 21.5 Å². The van der Waals surface area contributed by atoms with E-state index in [0.29, 0.717) is 5.82 Å². The summed E-state index contributed by atoms with van der Waals surface area (Å²) in [6, 6.07) is 15.1. The Hall–Kier alpha value is -3.61. The first kappa shape index (κ1) is 17.2. The number of aryl methyl sites for hydroxylation is 1. The van der Waals surface area contributed by atoms with Gasteiger partial charge in [0.25, 0.3) is 5.91 Å². The summed E-state index contributed by atoms with van der Waals surface area (Å²) in [6.45, 7) is 2.00. The molecule has 1 aromatic heterocycles. The van der Waals surface area contributed by atoms with Crippen LogP contribution in [0.4, 0.5) is 17.3 Å². The number of H-pyrrole nitrogens is 1. The Bertz CT molecular complexity index is 928. The van der Waals surface area contributed by atoms with E-state index in [-0.39, 0.29) is 11.4 Å². The molecular formula is C19H19N5O2. The second-order valence-corrected chi connectivity index (χ2v) is 5.68. The summed E-state index contributed by atoms with van der Waals surface area (Å²) in [7, 11) is 1.61. The number of aliphatic imine (C=N–C) groups is 1. The van der Waals surface area contributed by atoms with E-state index < -0.39 is 5.91 Å². The van der Waals surface area contributed by atoms with Crippen molar-refractivity contribution in [3.63, 3.8) is 0 Å². The molecule has 3 rings (SSSR count). The average Bonchev–Trinajstić information content (AvgIpc) is 3.05. The van der Waals surface area contributed by atoms with Gasteiger partial charge in [0.15, 0.2) is 5.82 Å². The lowest BCUT2D eigenvalue weighted by atomic mass is 10.2. The maximum Gasteiger partial charge on any atom is 0.256 e. The van der Waals surface area contributed by atoms with Crippen molar-refractivity contribution in [2.24, 2.45) is 10.7 Å². The summed E-state index contributed by atoms with van der Waals surface area (Å²) in [5, 5.41) is 9.97. The Balaban J connectivity index is 1.85. The molecule has 3 aromatic rings. The molecule has 0 aliphatic carbocycles. The minimum Gasteiger partial charge on any atom is -0.497 e. The molecule has 0 aliphatic rings. The van der Waals surface area contributed by atoms with Crippen LogP contribution in [-0.2, 0) is 0 Å². The van der Waals surface area contributed by atoms with Crippen molar-refractivity contribution in [2.45, 2.75) is 6.92 Å². The standard InChI is InChI=1S/C19H19N5O2/c1-12-3-7-14(8-4-12)22-19-16(17(20)25)18(23-24-19)21-11-13-5-9-15(26-2)10-6-13/h3-11H,1-2H3,(H2,20,25)(H2,22,23,24). The van der Waals surface area contributed by atoms with Crippen LogP contribution in [0, 0.1) is 6.92 Å². The largest absolute Gasteiger partial charge is 0.497 e. The van der Waals surface area contributed by atoms with E-state index >= 15 is 0 Å². The number of anilines is 2. The Morgan fingerprint density at radius 3 is 2.50 bits per heavy atom. The third-order valence-corrected chi connectivity index (χ3v) is 3.77. The zero-order valence-corrected chi connectivity index (χ0v) is 14.5. The van der Waals surface area contributed by atoms with Crippen LogP contribution in [-0.4, -0.2) is 29.4 Å². The number of hydrogen-bond donors (Lipinski definition) is 3. The van der Waals surface area contributed by atoms with Crippen LogP contribution in [0.15, 0.2) is 53.5 Å². The molecule has 0 saturated carbocycles. The van der Waals surface area contributed by atoms with Gasteiger partial charge in [0.05, 0.1) is 7.11 Å². The van der Waals surface area contributed by atoms with Gasteiger partial charge in [-0.1, -0.05) is 17.7 Å². The predicted octanol–water partition coefficient (Wildman–Crippen LogP) is 3.32. The van der Waals surface area contributed by atoms with E-state index in [1.807, 2.05) is 55.5 Å². The van der Waals surface area contributed by atoms with Gasteiger partial charge in [-0.05, 0) is 48.9 Å². The number of aromatic nitrogens is 2. The molecule has 7 nitrogen and oxygen atoms in total. The Kier molecular flexibility index (Phi) is 4.98. The number of rotatable bonds is 6. The van der Waals surface area contributed by atoms with Crippen LogP contribution < -0.4 is 15.8 Å². The van der Waals surface area contributed by atoms with Gasteiger partial charge < -0.3 is 15.8 Å². The molecule has 0 unspecified atom stereocenters. The second-order valence-electron chi connectivity index (χ2n) is 5.68. The highest BCUT2D eigenvalue weighted by Crippen LogP contribution is 2.26. The number of primary amides is 1. The lowest BCUT2D eigenvalue weighted by Crippen LogP contribution is -2.12. The van der Waals surface area contributed by atoms with Crippen molar-refractivity contribution in [2.75, 3.05) is 12.4 Å². The highest BCUT2D eigenvalue weighted by molar-refractivity contribution is 6.03. The van der Waals surface area contributed by atoms with Crippen LogP contribution in [0.3, 0.4) is 0 Å². The topological polar surface area (TPSA) is 105 Å². The SMILES string of the molecule is COc1ccc(C=Nc2n[nH]c(Nc3ccc(C)cc3)c2C(N)=O)cc1. The Labute approximate surface area is 150 Å². The molecule has 4 N–H and O–H groups in total. The summed E-state index contributed by atoms with van der Waals surface area (Å²) in [5.41, 5.74) is 8.52. The first-order valence-electron chi connectivity index (χ1n) is 7.97. The van der Waals surface area contributed by atoms with Gasteiger partial charge in [0.2, 0.25) is 0 Å². The van der Waals surface area contributed by atoms with Crippen molar-refractivity contribution < 1.29 is 9.53 Å². The lowest BCUT2D eigenvalue weighted by Gasteiger charge is -2.05. The Morgan fingerprint density at radius 2 is 1.88 bits per heavy atom. The van der Waals surface area contributed by atoms with Gasteiger partial charge in [-0.3, -0.25) is 9.89 Å². The molecule has 0 saturated heterocycles. The van der Waals surface area contributed by atoms with E-state index in [9.17, 15) is 4.79 Å². The van der Waals surface area contributed by atoms with E-state index in [1.165, 1.54) is 0 Å². The van der Waals surface area contributed by atoms with Crippen LogP contribution in [0.2, 0.25) is 0 Å². The zero-order chi connectivity index (χ0) is 18.5. The van der Waals surface area contributed by atoms with Crippen molar-refractivity contribution in [1.29, 1.82) is 0 Å². The maximum absolute atomic E-state index is 11.9. The number of nitrogens with zero attached hydrogens (tertiary/aromatic N) is 2. The molecule has 0 atom stereocenters. The molecule has 132 valence electrons. The lowest BCUT2D eigenvalue weighted by molar-refractivity contribution is 0.100. The predicted molar refractivity (Wildman–Crippen MR) is 102 cm³/mol. The molecule has 2 aromatic carbocycles. The van der Waals surface area contributed by atoms with E-state index in [2.05, 4.69) is 20.5 Å². The number of ether oxygens (including phenoxy) is 1. The normalized spacial score (nSPS) is 10.8. The minimum absolute atomic E-state index is 0.204. The minimum atomic E-state index is -0.616. The van der Waals surface area contributed by atoms with Gasteiger partial charge in [-0.15, -0.1) is 0 Å². The molecule has 7 heteroatoms. The molecule has 0 bridgehead atoms. The van der Waals surface area contributed by atoms with Gasteiger partial charge in [0, 0.05) is 11.9 Å². The van der Waals surface area contributed by atoms with Crippen LogP contribution in [0.25, 0.3) is 0 Å². The number of nitrogens with one attached hydrogen (secondary N) is 2. The van der Waals surface area contributed by atoms with E-state index in [0.717, 1.165) is 22.6 Å². The van der Waals surface area contributed by atoms with Gasteiger partial charge in [-0.25, -0.2) is 4.99 Å². The average molecular weight is 349 g/mol. The fourth-order valence-electron chi connectivity index (χ4n) is 2.36. The van der Waals surface area contributed by atoms with Crippen molar-refractivity contribution >= 4 is 29.4 Å². The maximum atomic E-state index is 11.9. The second kappa shape index (κ2) is 7.52. The number of methoxy groups -OCH3 is 1. The zero-order valence-electron chi connectivity index (χ0n) is 14.5. The van der Waals surface area contributed by atoms with Gasteiger partial charge in [0.1, 0.15) is 17.1 Å². The number of hydrogen-bond acceptors (Lipinski definition) is 5. The number of carbonyl (C=O) groups excluding carboxylic acids is 1. The summed E-state index contributed by atoms with van der Waals surface area (Å²) in [4.78, 5) is 16.2. The number of nitrogens with two attached hydrogens (primary N) is 1. The first-order valence-corrected chi connectivity index (χ1v) is 7.97. The Morgan fingerprint density at radius 1 is 1.19 bits per heavy atom. The molecule has 1 heterocycles. The fraction of sp³-hybridized carbons (Fsp3) is 0.105. The van der Waals surface area contributed by atoms with Crippen LogP contribution >= 0.6 is 0 Å². The molecule has 1 amide bonds. The fourth-order valence-corrected chi connectivity index (χ4v) is 2.36. The third kappa shape index (κ3) is 3.89. The summed E-state index contributed by atoms with van der Waals surface area (Å²) in [5.74, 6) is 0.769. The molecule has 0 radical (unpaired) electrons. The number of carbonyl (C=O) groups is 1. The highest BCUT2D eigenvalue weighted by Gasteiger charge is 2.18. The van der Waals surface area contributed by atoms with E-state index in [1.54, 1.807) is 13.3 Å². The molecule has 0 spiro atoms. The van der Waals surface area contributed by atoms with Crippen molar-refractivity contribution in [1.82, 2.24) is 10.2 Å². The van der Waals surface area contributed by atoms with E-state index in [4.69, 9.17) is 10.5 Å². The number of benzene rings is 2.